The first kappa shape index (κ1) is 13.8. The highest BCUT2D eigenvalue weighted by Gasteiger charge is 2.30. The van der Waals surface area contributed by atoms with Crippen LogP contribution in [0.5, 0.6) is 0 Å². The molecular formula is C10H12F3NO2S. The zero-order chi connectivity index (χ0) is 12.9. The van der Waals surface area contributed by atoms with Crippen LogP contribution in [0.1, 0.15) is 11.8 Å². The Morgan fingerprint density at radius 1 is 1.53 bits per heavy atom. The minimum Gasteiger partial charge on any atom is -0.440 e. The molecule has 0 radical (unpaired) electrons. The number of halogens is 3. The number of thiophene rings is 1. The minimum absolute atomic E-state index is 0.269. The van der Waals surface area contributed by atoms with Crippen LogP contribution < -0.4 is 0 Å². The van der Waals surface area contributed by atoms with Crippen LogP contribution in [0.15, 0.2) is 17.5 Å². The molecule has 1 aromatic heterocycles. The molecule has 17 heavy (non-hydrogen) atoms. The van der Waals surface area contributed by atoms with Crippen LogP contribution in [-0.2, 0) is 11.3 Å². The van der Waals surface area contributed by atoms with Gasteiger partial charge in [0.05, 0.1) is 6.54 Å². The van der Waals surface area contributed by atoms with E-state index >= 15 is 0 Å². The molecule has 0 aliphatic carbocycles. The van der Waals surface area contributed by atoms with Gasteiger partial charge >= 0.3 is 12.3 Å². The summed E-state index contributed by atoms with van der Waals surface area (Å²) in [4.78, 5) is 13.5. The van der Waals surface area contributed by atoms with Crippen molar-refractivity contribution in [1.82, 2.24) is 4.90 Å². The molecule has 0 aliphatic heterocycles. The largest absolute Gasteiger partial charge is 0.440 e. The van der Waals surface area contributed by atoms with Gasteiger partial charge in [0.25, 0.3) is 0 Å². The second-order valence-electron chi connectivity index (χ2n) is 3.26. The van der Waals surface area contributed by atoms with Crippen LogP contribution >= 0.6 is 11.3 Å². The summed E-state index contributed by atoms with van der Waals surface area (Å²) in [6.07, 6.45) is -5.43. The fourth-order valence-corrected chi connectivity index (χ4v) is 1.85. The normalized spacial score (nSPS) is 11.3. The van der Waals surface area contributed by atoms with Crippen molar-refractivity contribution in [2.75, 3.05) is 13.2 Å². The Labute approximate surface area is 101 Å². The molecule has 0 bridgehead atoms. The molecule has 1 amide bonds. The van der Waals surface area contributed by atoms with Gasteiger partial charge in [-0.25, -0.2) is 4.79 Å². The van der Waals surface area contributed by atoms with Gasteiger partial charge in [-0.1, -0.05) is 6.07 Å². The van der Waals surface area contributed by atoms with Gasteiger partial charge in [-0.2, -0.15) is 13.2 Å². The second kappa shape index (κ2) is 5.90. The Morgan fingerprint density at radius 2 is 2.24 bits per heavy atom. The van der Waals surface area contributed by atoms with Crippen LogP contribution in [0, 0.1) is 0 Å². The van der Waals surface area contributed by atoms with Crippen molar-refractivity contribution in [3.05, 3.63) is 22.4 Å². The summed E-state index contributed by atoms with van der Waals surface area (Å²) in [5, 5.41) is 1.84. The molecule has 0 spiro atoms. The maximum atomic E-state index is 11.9. The number of alkyl halides is 3. The lowest BCUT2D eigenvalue weighted by molar-refractivity contribution is -0.162. The first-order valence-corrected chi connectivity index (χ1v) is 5.81. The third-order valence-electron chi connectivity index (χ3n) is 1.93. The first-order chi connectivity index (χ1) is 7.92. The molecule has 1 rings (SSSR count). The average Bonchev–Trinajstić information content (AvgIpc) is 2.74. The summed E-state index contributed by atoms with van der Waals surface area (Å²) in [6, 6.07) is 3.62. The van der Waals surface area contributed by atoms with E-state index in [2.05, 4.69) is 4.74 Å². The number of carbonyl (C=O) groups is 1. The molecule has 0 aromatic carbocycles. The molecule has 0 unspecified atom stereocenters. The fourth-order valence-electron chi connectivity index (χ4n) is 1.13. The number of amides is 1. The number of hydrogen-bond donors (Lipinski definition) is 0. The van der Waals surface area contributed by atoms with Crippen LogP contribution in [0.3, 0.4) is 0 Å². The molecule has 0 fully saturated rings. The van der Waals surface area contributed by atoms with E-state index < -0.39 is 18.9 Å². The molecular weight excluding hydrogens is 255 g/mol. The van der Waals surface area contributed by atoms with Crippen LogP contribution in [0.2, 0.25) is 0 Å². The number of nitrogens with zero attached hydrogens (tertiary/aromatic N) is 1. The highest BCUT2D eigenvalue weighted by molar-refractivity contribution is 7.09. The van der Waals surface area contributed by atoms with Crippen molar-refractivity contribution in [1.29, 1.82) is 0 Å². The van der Waals surface area contributed by atoms with Crippen molar-refractivity contribution in [3.8, 4) is 0 Å². The Morgan fingerprint density at radius 3 is 2.71 bits per heavy atom. The van der Waals surface area contributed by atoms with Crippen LogP contribution in [-0.4, -0.2) is 30.3 Å². The van der Waals surface area contributed by atoms with E-state index in [1.54, 1.807) is 6.92 Å². The smallest absolute Gasteiger partial charge is 0.422 e. The minimum atomic E-state index is -4.49. The molecule has 0 aliphatic rings. The third-order valence-corrected chi connectivity index (χ3v) is 2.79. The third kappa shape index (κ3) is 5.08. The number of rotatable bonds is 4. The lowest BCUT2D eigenvalue weighted by atomic mass is 10.4. The van der Waals surface area contributed by atoms with E-state index in [0.717, 1.165) is 4.88 Å². The predicted octanol–water partition coefficient (Wildman–Crippen LogP) is 3.27. The van der Waals surface area contributed by atoms with Crippen LogP contribution in [0.25, 0.3) is 0 Å². The molecule has 1 heterocycles. The quantitative estimate of drug-likeness (QED) is 0.838. The fraction of sp³-hybridized carbons (Fsp3) is 0.500. The summed E-state index contributed by atoms with van der Waals surface area (Å²) in [5.74, 6) is 0. The highest BCUT2D eigenvalue weighted by atomic mass is 32.1. The molecule has 1 aromatic rings. The van der Waals surface area contributed by atoms with Gasteiger partial charge in [0.2, 0.25) is 0 Å². The molecule has 3 nitrogen and oxygen atoms in total. The molecule has 7 heteroatoms. The van der Waals surface area contributed by atoms with Gasteiger partial charge < -0.3 is 9.64 Å². The van der Waals surface area contributed by atoms with Gasteiger partial charge in [-0.05, 0) is 18.4 Å². The highest BCUT2D eigenvalue weighted by Crippen LogP contribution is 2.16. The first-order valence-electron chi connectivity index (χ1n) is 4.93. The maximum absolute atomic E-state index is 11.9. The Hall–Kier alpha value is -1.24. The van der Waals surface area contributed by atoms with Gasteiger partial charge in [0.1, 0.15) is 0 Å². The van der Waals surface area contributed by atoms with Gasteiger partial charge in [-0.3, -0.25) is 0 Å². The summed E-state index contributed by atoms with van der Waals surface area (Å²) in [6.45, 7) is 0.703. The molecule has 96 valence electrons. The summed E-state index contributed by atoms with van der Waals surface area (Å²) in [7, 11) is 0. The zero-order valence-electron chi connectivity index (χ0n) is 9.16. The molecule has 0 N–H and O–H groups in total. The van der Waals surface area contributed by atoms with Crippen molar-refractivity contribution in [2.24, 2.45) is 0 Å². The van der Waals surface area contributed by atoms with Gasteiger partial charge in [-0.15, -0.1) is 11.3 Å². The second-order valence-corrected chi connectivity index (χ2v) is 4.30. The Balaban J connectivity index is 2.47. The summed E-state index contributed by atoms with van der Waals surface area (Å²) < 4.78 is 39.8. The van der Waals surface area contributed by atoms with Crippen molar-refractivity contribution < 1.29 is 22.7 Å². The lowest BCUT2D eigenvalue weighted by Crippen LogP contribution is -2.33. The van der Waals surface area contributed by atoms with Crippen molar-refractivity contribution >= 4 is 17.4 Å². The van der Waals surface area contributed by atoms with Crippen molar-refractivity contribution in [3.63, 3.8) is 0 Å². The maximum Gasteiger partial charge on any atom is 0.422 e. The topological polar surface area (TPSA) is 29.5 Å². The monoisotopic (exact) mass is 267 g/mol. The number of hydrogen-bond acceptors (Lipinski definition) is 3. The van der Waals surface area contributed by atoms with Crippen molar-refractivity contribution in [2.45, 2.75) is 19.6 Å². The van der Waals surface area contributed by atoms with E-state index in [0.29, 0.717) is 6.54 Å². The van der Waals surface area contributed by atoms with E-state index in [9.17, 15) is 18.0 Å². The zero-order valence-corrected chi connectivity index (χ0v) is 9.98. The molecule has 0 atom stereocenters. The SMILES string of the molecule is CCN(Cc1cccs1)C(=O)OCC(F)(F)F. The van der Waals surface area contributed by atoms with E-state index in [1.807, 2.05) is 17.5 Å². The average molecular weight is 267 g/mol. The predicted molar refractivity (Wildman–Crippen MR) is 57.8 cm³/mol. The van der Waals surface area contributed by atoms with E-state index in [4.69, 9.17) is 0 Å². The van der Waals surface area contributed by atoms with E-state index in [1.165, 1.54) is 16.2 Å². The lowest BCUT2D eigenvalue weighted by Gasteiger charge is -2.20. The van der Waals surface area contributed by atoms with Crippen LogP contribution in [0.4, 0.5) is 18.0 Å². The van der Waals surface area contributed by atoms with Gasteiger partial charge in [0.15, 0.2) is 6.61 Å². The standard InChI is InChI=1S/C10H12F3NO2S/c1-2-14(6-8-4-3-5-17-8)9(15)16-7-10(11,12)13/h3-5H,2,6-7H2,1H3. The number of carbonyl (C=O) groups excluding carboxylic acids is 1. The van der Waals surface area contributed by atoms with Gasteiger partial charge in [0, 0.05) is 11.4 Å². The summed E-state index contributed by atoms with van der Waals surface area (Å²) >= 11 is 1.44. The Bertz CT molecular complexity index is 351. The summed E-state index contributed by atoms with van der Waals surface area (Å²) in [5.41, 5.74) is 0. The number of ether oxygens (including phenoxy) is 1. The molecule has 0 saturated heterocycles. The Kier molecular flexibility index (Phi) is 4.80. The van der Waals surface area contributed by atoms with E-state index in [-0.39, 0.29) is 6.54 Å². The molecule has 0 saturated carbocycles.